The fraction of sp³-hybridized carbons (Fsp3) is 0.407. The van der Waals surface area contributed by atoms with Gasteiger partial charge in [0.1, 0.15) is 33.5 Å². The molecule has 0 unspecified atom stereocenters. The highest BCUT2D eigenvalue weighted by atomic mass is 32.2. The van der Waals surface area contributed by atoms with Crippen molar-refractivity contribution in [3.05, 3.63) is 60.1 Å². The summed E-state index contributed by atoms with van der Waals surface area (Å²) in [5.41, 5.74) is 1.83. The number of amides is 1. The standard InChI is InChI=1S/C27H32FN7O4S/c1-16(25-18(28)8-7-9-29-25)31-26(36)20-10-19(32-35(20)17-13-33(5)14-17)21-12-30-24-11-22(39-6)23(15-34(21)24)40(37,38)27(2,3)4/h7-12,15-17H,13-14H2,1-6H3,(H,31,36)/t16-/m1/s1. The Kier molecular flexibility index (Phi) is 6.91. The van der Waals surface area contributed by atoms with E-state index >= 15 is 0 Å². The SMILES string of the molecule is COc1cc2ncc(-c3cc(C(=O)N[C@H](C)c4ncccc4F)n(C4CN(C)C4)n3)n2cc1S(=O)(=O)C(C)(C)C. The van der Waals surface area contributed by atoms with Gasteiger partial charge in [0.05, 0.1) is 41.5 Å². The number of sulfone groups is 1. The first kappa shape index (κ1) is 27.7. The summed E-state index contributed by atoms with van der Waals surface area (Å²) in [5, 5.41) is 7.59. The van der Waals surface area contributed by atoms with Gasteiger partial charge in [-0.2, -0.15) is 5.10 Å². The van der Waals surface area contributed by atoms with E-state index in [-0.39, 0.29) is 22.4 Å². The van der Waals surface area contributed by atoms with Gasteiger partial charge in [0.25, 0.3) is 5.91 Å². The molecule has 1 saturated heterocycles. The molecule has 0 saturated carbocycles. The number of aromatic nitrogens is 5. The van der Waals surface area contributed by atoms with Crippen molar-refractivity contribution < 1.29 is 22.3 Å². The van der Waals surface area contributed by atoms with E-state index in [2.05, 4.69) is 20.2 Å². The summed E-state index contributed by atoms with van der Waals surface area (Å²) >= 11 is 0. The zero-order valence-electron chi connectivity index (χ0n) is 23.2. The molecule has 1 aliphatic rings. The number of likely N-dealkylation sites (tertiary alicyclic amines) is 1. The van der Waals surface area contributed by atoms with Crippen LogP contribution in [-0.2, 0) is 9.84 Å². The van der Waals surface area contributed by atoms with Gasteiger partial charge in [-0.05, 0) is 52.9 Å². The van der Waals surface area contributed by atoms with Gasteiger partial charge in [-0.3, -0.25) is 18.9 Å². The van der Waals surface area contributed by atoms with E-state index in [1.165, 1.54) is 31.6 Å². The van der Waals surface area contributed by atoms with Crippen LogP contribution in [-0.4, -0.2) is 75.4 Å². The summed E-state index contributed by atoms with van der Waals surface area (Å²) in [6, 6.07) is 5.27. The quantitative estimate of drug-likeness (QED) is 0.360. The summed E-state index contributed by atoms with van der Waals surface area (Å²) < 4.78 is 48.7. The second-order valence-electron chi connectivity index (χ2n) is 11.0. The molecular formula is C27H32FN7O4S. The second-order valence-corrected chi connectivity index (χ2v) is 13.7. The van der Waals surface area contributed by atoms with Crippen molar-refractivity contribution in [1.29, 1.82) is 0 Å². The molecule has 4 aromatic heterocycles. The number of ether oxygens (including phenoxy) is 1. The number of fused-ring (bicyclic) bond motifs is 1. The lowest BCUT2D eigenvalue weighted by atomic mass is 10.1. The Morgan fingerprint density at radius 1 is 1.23 bits per heavy atom. The van der Waals surface area contributed by atoms with E-state index in [0.717, 1.165) is 0 Å². The molecule has 1 aliphatic heterocycles. The Balaban J connectivity index is 1.58. The molecule has 1 atom stereocenters. The average Bonchev–Trinajstić information content (AvgIpc) is 3.49. The number of pyridine rings is 2. The molecule has 0 radical (unpaired) electrons. The Hall–Kier alpha value is -3.84. The summed E-state index contributed by atoms with van der Waals surface area (Å²) in [4.78, 5) is 24.1. The largest absolute Gasteiger partial charge is 0.495 e. The van der Waals surface area contributed by atoms with Crippen LogP contribution in [0.25, 0.3) is 17.0 Å². The van der Waals surface area contributed by atoms with Crippen LogP contribution in [0.15, 0.2) is 47.8 Å². The molecule has 1 amide bonds. The Morgan fingerprint density at radius 3 is 2.58 bits per heavy atom. The number of halogens is 1. The van der Waals surface area contributed by atoms with Crippen LogP contribution in [0.2, 0.25) is 0 Å². The number of carbonyl (C=O) groups is 1. The predicted molar refractivity (Wildman–Crippen MR) is 147 cm³/mol. The molecule has 4 aromatic rings. The number of likely N-dealkylation sites (N-methyl/N-ethyl adjacent to an activating group) is 1. The highest BCUT2D eigenvalue weighted by Gasteiger charge is 2.35. The maximum Gasteiger partial charge on any atom is 0.270 e. The molecule has 0 aliphatic carbocycles. The Labute approximate surface area is 231 Å². The Bertz CT molecular complexity index is 1700. The van der Waals surface area contributed by atoms with Crippen molar-refractivity contribution in [3.63, 3.8) is 0 Å². The average molecular weight is 570 g/mol. The van der Waals surface area contributed by atoms with Gasteiger partial charge in [0, 0.05) is 31.5 Å². The summed E-state index contributed by atoms with van der Waals surface area (Å²) in [7, 11) is -0.379. The van der Waals surface area contributed by atoms with E-state index in [1.807, 2.05) is 7.05 Å². The molecule has 0 spiro atoms. The minimum absolute atomic E-state index is 0.0264. The topological polar surface area (TPSA) is 124 Å². The highest BCUT2D eigenvalue weighted by Crippen LogP contribution is 2.35. The van der Waals surface area contributed by atoms with Gasteiger partial charge in [0.2, 0.25) is 0 Å². The van der Waals surface area contributed by atoms with Gasteiger partial charge in [0.15, 0.2) is 9.84 Å². The summed E-state index contributed by atoms with van der Waals surface area (Å²) in [6.07, 6.45) is 4.54. The van der Waals surface area contributed by atoms with Gasteiger partial charge in [-0.15, -0.1) is 0 Å². The van der Waals surface area contributed by atoms with Crippen molar-refractivity contribution >= 4 is 21.4 Å². The van der Waals surface area contributed by atoms with Crippen LogP contribution in [0.4, 0.5) is 4.39 Å². The smallest absolute Gasteiger partial charge is 0.270 e. The van der Waals surface area contributed by atoms with Crippen LogP contribution in [0, 0.1) is 5.82 Å². The van der Waals surface area contributed by atoms with Crippen LogP contribution in [0.1, 0.15) is 56.0 Å². The molecule has 13 heteroatoms. The molecule has 1 N–H and O–H groups in total. The van der Waals surface area contributed by atoms with Crippen LogP contribution < -0.4 is 10.1 Å². The third-order valence-electron chi connectivity index (χ3n) is 7.06. The van der Waals surface area contributed by atoms with Gasteiger partial charge in [-0.1, -0.05) is 0 Å². The lowest BCUT2D eigenvalue weighted by molar-refractivity contribution is 0.0894. The van der Waals surface area contributed by atoms with Crippen molar-refractivity contribution in [2.24, 2.45) is 0 Å². The lowest BCUT2D eigenvalue weighted by Crippen LogP contribution is -2.46. The molecule has 0 bridgehead atoms. The van der Waals surface area contributed by atoms with Crippen molar-refractivity contribution in [2.75, 3.05) is 27.2 Å². The lowest BCUT2D eigenvalue weighted by Gasteiger charge is -2.36. The minimum atomic E-state index is -3.77. The fourth-order valence-electron chi connectivity index (χ4n) is 4.71. The number of rotatable bonds is 7. The highest BCUT2D eigenvalue weighted by molar-refractivity contribution is 7.92. The second kappa shape index (κ2) is 9.97. The van der Waals surface area contributed by atoms with Crippen LogP contribution in [0.5, 0.6) is 5.75 Å². The van der Waals surface area contributed by atoms with Crippen molar-refractivity contribution in [1.82, 2.24) is 34.4 Å². The maximum atomic E-state index is 14.3. The number of hydrogen-bond donors (Lipinski definition) is 1. The van der Waals surface area contributed by atoms with Crippen molar-refractivity contribution in [3.8, 4) is 17.1 Å². The number of nitrogens with zero attached hydrogens (tertiary/aromatic N) is 6. The molecule has 5 heterocycles. The first-order valence-corrected chi connectivity index (χ1v) is 14.3. The first-order chi connectivity index (χ1) is 18.8. The number of nitrogens with one attached hydrogen (secondary N) is 1. The zero-order chi connectivity index (χ0) is 29.0. The molecule has 11 nitrogen and oxygen atoms in total. The summed E-state index contributed by atoms with van der Waals surface area (Å²) in [6.45, 7) is 7.94. The Morgan fingerprint density at radius 2 is 1.95 bits per heavy atom. The maximum absolute atomic E-state index is 14.3. The van der Waals surface area contributed by atoms with Crippen LogP contribution >= 0.6 is 0 Å². The molecule has 1 fully saturated rings. The van der Waals surface area contributed by atoms with E-state index in [1.54, 1.807) is 55.1 Å². The van der Waals surface area contributed by atoms with E-state index in [4.69, 9.17) is 9.84 Å². The number of imidazole rings is 1. The molecule has 40 heavy (non-hydrogen) atoms. The molecule has 0 aromatic carbocycles. The molecule has 212 valence electrons. The number of carbonyl (C=O) groups excluding carboxylic acids is 1. The predicted octanol–water partition coefficient (Wildman–Crippen LogP) is 3.29. The third kappa shape index (κ3) is 4.73. The third-order valence-corrected chi connectivity index (χ3v) is 9.55. The fourth-order valence-corrected chi connectivity index (χ4v) is 6.02. The van der Waals surface area contributed by atoms with E-state index in [9.17, 15) is 17.6 Å². The zero-order valence-corrected chi connectivity index (χ0v) is 24.0. The van der Waals surface area contributed by atoms with Gasteiger partial charge in [-0.25, -0.2) is 17.8 Å². The summed E-state index contributed by atoms with van der Waals surface area (Å²) in [5.74, 6) is -0.747. The first-order valence-electron chi connectivity index (χ1n) is 12.8. The van der Waals surface area contributed by atoms with Crippen molar-refractivity contribution in [2.45, 2.75) is 49.4 Å². The number of hydrogen-bond acceptors (Lipinski definition) is 8. The minimum Gasteiger partial charge on any atom is -0.495 e. The van der Waals surface area contributed by atoms with Gasteiger partial charge < -0.3 is 15.0 Å². The van der Waals surface area contributed by atoms with Gasteiger partial charge >= 0.3 is 0 Å². The number of methoxy groups -OCH3 is 1. The molecule has 5 rings (SSSR count). The monoisotopic (exact) mass is 569 g/mol. The van der Waals surface area contributed by atoms with E-state index in [0.29, 0.717) is 35.8 Å². The normalized spacial score (nSPS) is 15.7. The van der Waals surface area contributed by atoms with E-state index < -0.39 is 32.4 Å². The van der Waals surface area contributed by atoms with Crippen LogP contribution in [0.3, 0.4) is 0 Å². The molecular weight excluding hydrogens is 537 g/mol.